The summed E-state index contributed by atoms with van der Waals surface area (Å²) in [4.78, 5) is 14.6. The molecule has 5 nitrogen and oxygen atoms in total. The minimum absolute atomic E-state index is 0.0287. The molecule has 0 spiro atoms. The first-order valence-corrected chi connectivity index (χ1v) is 10.5. The molecule has 0 unspecified atom stereocenters. The molecule has 1 N–H and O–H groups in total. The third-order valence-corrected chi connectivity index (χ3v) is 5.97. The van der Waals surface area contributed by atoms with Gasteiger partial charge >= 0.3 is 0 Å². The van der Waals surface area contributed by atoms with Gasteiger partial charge in [0.15, 0.2) is 0 Å². The lowest BCUT2D eigenvalue weighted by Gasteiger charge is -2.32. The van der Waals surface area contributed by atoms with Gasteiger partial charge in [0.05, 0.1) is 19.9 Å². The van der Waals surface area contributed by atoms with E-state index in [4.69, 9.17) is 21.1 Å². The number of amides is 1. The highest BCUT2D eigenvalue weighted by atomic mass is 35.5. The number of ether oxygens (including phenoxy) is 2. The Morgan fingerprint density at radius 2 is 1.97 bits per heavy atom. The van der Waals surface area contributed by atoms with Crippen molar-refractivity contribution in [3.8, 4) is 11.5 Å². The lowest BCUT2D eigenvalue weighted by molar-refractivity contribution is -0.116. The van der Waals surface area contributed by atoms with Crippen molar-refractivity contribution in [2.45, 2.75) is 32.2 Å². The van der Waals surface area contributed by atoms with Crippen molar-refractivity contribution in [3.05, 3.63) is 52.8 Å². The molecule has 0 bridgehead atoms. The smallest absolute Gasteiger partial charge is 0.224 e. The second kappa shape index (κ2) is 10.6. The Balaban J connectivity index is 1.44. The average Bonchev–Trinajstić information content (AvgIpc) is 2.76. The zero-order chi connectivity index (χ0) is 21.5. The summed E-state index contributed by atoms with van der Waals surface area (Å²) < 4.78 is 24.5. The quantitative estimate of drug-likeness (QED) is 0.626. The molecular formula is C23H28ClFN2O3. The van der Waals surface area contributed by atoms with Crippen LogP contribution in [0.15, 0.2) is 36.4 Å². The number of carbonyl (C=O) groups excluding carboxylic acids is 1. The first kappa shape index (κ1) is 22.4. The van der Waals surface area contributed by atoms with E-state index in [0.29, 0.717) is 46.7 Å². The third kappa shape index (κ3) is 5.86. The van der Waals surface area contributed by atoms with Crippen LogP contribution >= 0.6 is 11.6 Å². The number of hydrogen-bond donors (Lipinski definition) is 1. The molecule has 1 heterocycles. The molecule has 1 aliphatic heterocycles. The van der Waals surface area contributed by atoms with Crippen LogP contribution in [0.3, 0.4) is 0 Å². The first-order chi connectivity index (χ1) is 14.5. The van der Waals surface area contributed by atoms with E-state index in [9.17, 15) is 9.18 Å². The van der Waals surface area contributed by atoms with Crippen molar-refractivity contribution in [3.63, 3.8) is 0 Å². The van der Waals surface area contributed by atoms with Crippen LogP contribution in [0.5, 0.6) is 11.5 Å². The molecule has 2 aromatic rings. The van der Waals surface area contributed by atoms with E-state index in [-0.39, 0.29) is 11.7 Å². The van der Waals surface area contributed by atoms with Gasteiger partial charge in [-0.2, -0.15) is 0 Å². The Hall–Kier alpha value is -2.31. The fourth-order valence-corrected chi connectivity index (χ4v) is 4.01. The number of halogens is 2. The Bertz CT molecular complexity index is 849. The number of nitrogens with one attached hydrogen (secondary N) is 1. The number of piperidine rings is 1. The fraction of sp³-hybridized carbons (Fsp3) is 0.435. The predicted octanol–water partition coefficient (Wildman–Crippen LogP) is 5.13. The van der Waals surface area contributed by atoms with Gasteiger partial charge in [0.1, 0.15) is 17.3 Å². The minimum atomic E-state index is -0.254. The largest absolute Gasteiger partial charge is 0.497 e. The molecule has 2 aromatic carbocycles. The van der Waals surface area contributed by atoms with Gasteiger partial charge < -0.3 is 14.8 Å². The number of carbonyl (C=O) groups is 1. The Kier molecular flexibility index (Phi) is 7.94. The highest BCUT2D eigenvalue weighted by molar-refractivity contribution is 6.31. The van der Waals surface area contributed by atoms with Crippen LogP contribution in [0.25, 0.3) is 0 Å². The molecule has 1 amide bonds. The molecular weight excluding hydrogens is 407 g/mol. The van der Waals surface area contributed by atoms with Crippen molar-refractivity contribution < 1.29 is 18.7 Å². The van der Waals surface area contributed by atoms with Gasteiger partial charge in [0.25, 0.3) is 0 Å². The number of hydrogen-bond acceptors (Lipinski definition) is 4. The molecule has 162 valence electrons. The van der Waals surface area contributed by atoms with Crippen LogP contribution < -0.4 is 14.8 Å². The zero-order valence-electron chi connectivity index (χ0n) is 17.4. The van der Waals surface area contributed by atoms with E-state index in [1.54, 1.807) is 44.6 Å². The maximum atomic E-state index is 14.0. The summed E-state index contributed by atoms with van der Waals surface area (Å²) >= 11 is 6.14. The summed E-state index contributed by atoms with van der Waals surface area (Å²) in [6, 6.07) is 10.1. The van der Waals surface area contributed by atoms with Crippen LogP contribution in [0, 0.1) is 11.7 Å². The zero-order valence-corrected chi connectivity index (χ0v) is 18.2. The molecule has 7 heteroatoms. The van der Waals surface area contributed by atoms with Crippen LogP contribution in [-0.2, 0) is 11.3 Å². The van der Waals surface area contributed by atoms with Crippen molar-refractivity contribution in [2.75, 3.05) is 32.6 Å². The molecule has 0 atom stereocenters. The summed E-state index contributed by atoms with van der Waals surface area (Å²) in [7, 11) is 3.15. The van der Waals surface area contributed by atoms with Gasteiger partial charge in [-0.05, 0) is 62.5 Å². The van der Waals surface area contributed by atoms with Crippen LogP contribution in [0.4, 0.5) is 10.1 Å². The SMILES string of the molecule is COc1ccc(NC(=O)CCC2CCN(Cc3c(F)cccc3Cl)CC2)c(OC)c1. The van der Waals surface area contributed by atoms with Crippen molar-refractivity contribution in [2.24, 2.45) is 5.92 Å². The molecule has 30 heavy (non-hydrogen) atoms. The van der Waals surface area contributed by atoms with Crippen molar-refractivity contribution in [1.82, 2.24) is 4.90 Å². The first-order valence-electron chi connectivity index (χ1n) is 10.2. The topological polar surface area (TPSA) is 50.8 Å². The normalized spacial score (nSPS) is 15.1. The molecule has 1 fully saturated rings. The monoisotopic (exact) mass is 434 g/mol. The van der Waals surface area contributed by atoms with Crippen molar-refractivity contribution in [1.29, 1.82) is 0 Å². The minimum Gasteiger partial charge on any atom is -0.497 e. The molecule has 0 aliphatic carbocycles. The molecule has 0 radical (unpaired) electrons. The van der Waals surface area contributed by atoms with Gasteiger partial charge in [-0.1, -0.05) is 17.7 Å². The van der Waals surface area contributed by atoms with E-state index in [2.05, 4.69) is 10.2 Å². The van der Waals surface area contributed by atoms with Gasteiger partial charge in [-0.15, -0.1) is 0 Å². The Labute approximate surface area is 182 Å². The maximum absolute atomic E-state index is 14.0. The van der Waals surface area contributed by atoms with E-state index >= 15 is 0 Å². The van der Waals surface area contributed by atoms with E-state index in [1.807, 2.05) is 0 Å². The van der Waals surface area contributed by atoms with E-state index < -0.39 is 0 Å². The third-order valence-electron chi connectivity index (χ3n) is 5.61. The molecule has 0 saturated carbocycles. The number of likely N-dealkylation sites (tertiary alicyclic amines) is 1. The van der Waals surface area contributed by atoms with E-state index in [1.165, 1.54) is 6.07 Å². The Morgan fingerprint density at radius 1 is 1.20 bits per heavy atom. The highest BCUT2D eigenvalue weighted by Gasteiger charge is 2.22. The number of anilines is 1. The number of nitrogens with zero attached hydrogens (tertiary/aromatic N) is 1. The Morgan fingerprint density at radius 3 is 2.63 bits per heavy atom. The highest BCUT2D eigenvalue weighted by Crippen LogP contribution is 2.30. The standard InChI is InChI=1S/C23H28ClFN2O3/c1-29-17-7-8-21(22(14-17)30-2)26-23(28)9-6-16-10-12-27(13-11-16)15-18-19(24)4-3-5-20(18)25/h3-5,7-8,14,16H,6,9-13,15H2,1-2H3,(H,26,28). The number of rotatable bonds is 8. The van der Waals surface area contributed by atoms with Crippen LogP contribution in [0.2, 0.25) is 5.02 Å². The van der Waals surface area contributed by atoms with Gasteiger partial charge in [-0.3, -0.25) is 9.69 Å². The van der Waals surface area contributed by atoms with Crippen molar-refractivity contribution >= 4 is 23.2 Å². The lowest BCUT2D eigenvalue weighted by Crippen LogP contribution is -2.33. The van der Waals surface area contributed by atoms with Crippen LogP contribution in [0.1, 0.15) is 31.2 Å². The molecule has 1 saturated heterocycles. The summed E-state index contributed by atoms with van der Waals surface area (Å²) in [6.45, 7) is 2.28. The van der Waals surface area contributed by atoms with Gasteiger partial charge in [0.2, 0.25) is 5.91 Å². The predicted molar refractivity (Wildman–Crippen MR) is 117 cm³/mol. The second-order valence-corrected chi connectivity index (χ2v) is 7.98. The fourth-order valence-electron chi connectivity index (χ4n) is 3.79. The summed E-state index contributed by atoms with van der Waals surface area (Å²) in [5.74, 6) is 1.45. The van der Waals surface area contributed by atoms with Crippen LogP contribution in [-0.4, -0.2) is 38.1 Å². The van der Waals surface area contributed by atoms with E-state index in [0.717, 1.165) is 32.4 Å². The average molecular weight is 435 g/mol. The molecule has 3 rings (SSSR count). The number of benzene rings is 2. The summed E-state index contributed by atoms with van der Waals surface area (Å²) in [5.41, 5.74) is 1.20. The molecule has 0 aromatic heterocycles. The maximum Gasteiger partial charge on any atom is 0.224 e. The number of methoxy groups -OCH3 is 2. The summed E-state index contributed by atoms with van der Waals surface area (Å²) in [5, 5.41) is 3.39. The molecule has 1 aliphatic rings. The second-order valence-electron chi connectivity index (χ2n) is 7.57. The van der Waals surface area contributed by atoms with Gasteiger partial charge in [-0.25, -0.2) is 4.39 Å². The van der Waals surface area contributed by atoms with Gasteiger partial charge in [0, 0.05) is 29.6 Å². The lowest BCUT2D eigenvalue weighted by atomic mass is 9.92. The summed E-state index contributed by atoms with van der Waals surface area (Å²) in [6.07, 6.45) is 3.27.